The van der Waals surface area contributed by atoms with E-state index in [4.69, 9.17) is 16.3 Å². The van der Waals surface area contributed by atoms with Crippen LogP contribution in [-0.2, 0) is 14.6 Å². The number of hydrogen-bond acceptors (Lipinski definition) is 7. The number of rotatable bonds is 7. The number of likely N-dealkylation sites (N-methyl/N-ethyl adjacent to an activating group) is 1. The average Bonchev–Trinajstić information content (AvgIpc) is 3.43. The van der Waals surface area contributed by atoms with Gasteiger partial charge in [0.2, 0.25) is 5.91 Å². The number of hydrogen-bond donors (Lipinski definition) is 0. The molecule has 0 bridgehead atoms. The Balaban J connectivity index is 1.29. The maximum atomic E-state index is 13.8. The number of ether oxygens (including phenoxy) is 1. The molecule has 2 amide bonds. The average molecular weight is 629 g/mol. The van der Waals surface area contributed by atoms with E-state index in [1.54, 1.807) is 29.2 Å². The molecule has 2 aliphatic heterocycles. The van der Waals surface area contributed by atoms with E-state index in [0.29, 0.717) is 56.4 Å². The molecule has 2 aliphatic rings. The van der Waals surface area contributed by atoms with Crippen molar-refractivity contribution in [1.82, 2.24) is 14.8 Å². The molecule has 0 saturated carbocycles. The van der Waals surface area contributed by atoms with Gasteiger partial charge in [-0.25, -0.2) is 22.6 Å². The molecule has 0 spiro atoms. The lowest BCUT2D eigenvalue weighted by atomic mass is 9.93. The highest BCUT2D eigenvalue weighted by atomic mass is 35.5. The highest BCUT2D eigenvalue weighted by Gasteiger charge is 2.43. The number of halogens is 2. The highest BCUT2D eigenvalue weighted by Crippen LogP contribution is 2.35. The van der Waals surface area contributed by atoms with Gasteiger partial charge in [-0.2, -0.15) is 0 Å². The maximum Gasteiger partial charge on any atom is 0.415 e. The van der Waals surface area contributed by atoms with Gasteiger partial charge >= 0.3 is 6.09 Å². The van der Waals surface area contributed by atoms with Gasteiger partial charge in [0.1, 0.15) is 17.4 Å². The molecule has 2 atom stereocenters. The van der Waals surface area contributed by atoms with Crippen LogP contribution >= 0.6 is 11.6 Å². The fourth-order valence-corrected chi connectivity index (χ4v) is 6.56. The van der Waals surface area contributed by atoms with Gasteiger partial charge in [0.25, 0.3) is 0 Å². The standard InChI is InChI=1S/C31H34ClFN4O5S/c1-3-37(31(39)42-25-10-8-24(33)9-11-25)28-20-36(19-27(28)21-4-6-23(32)7-5-21)30(38)22-14-16-35(17-15-22)29-13-12-26(18-34-29)43(2,40)41/h4-13,18,22,27-28H,3,14-17,19-20H2,1-2H3/t27-,28+/m1/s1. The molecule has 3 heterocycles. The number of pyridine rings is 1. The molecule has 0 unspecified atom stereocenters. The summed E-state index contributed by atoms with van der Waals surface area (Å²) < 4.78 is 42.5. The van der Waals surface area contributed by atoms with Crippen LogP contribution in [0.25, 0.3) is 0 Å². The van der Waals surface area contributed by atoms with Crippen molar-refractivity contribution < 1.29 is 27.1 Å². The second-order valence-electron chi connectivity index (χ2n) is 11.0. The van der Waals surface area contributed by atoms with Crippen LogP contribution in [0.2, 0.25) is 5.02 Å². The molecule has 2 saturated heterocycles. The van der Waals surface area contributed by atoms with Gasteiger partial charge in [-0.3, -0.25) is 4.79 Å². The Labute approximate surface area is 256 Å². The molecule has 0 N–H and O–H groups in total. The van der Waals surface area contributed by atoms with E-state index in [2.05, 4.69) is 9.88 Å². The zero-order valence-electron chi connectivity index (χ0n) is 24.0. The minimum Gasteiger partial charge on any atom is -0.410 e. The predicted molar refractivity (Wildman–Crippen MR) is 162 cm³/mol. The fourth-order valence-electron chi connectivity index (χ4n) is 5.87. The maximum absolute atomic E-state index is 13.8. The van der Waals surface area contributed by atoms with Gasteiger partial charge in [0.15, 0.2) is 9.84 Å². The van der Waals surface area contributed by atoms with Gasteiger partial charge in [-0.15, -0.1) is 0 Å². The number of likely N-dealkylation sites (tertiary alicyclic amines) is 1. The van der Waals surface area contributed by atoms with Gasteiger partial charge in [0, 0.05) is 62.0 Å². The summed E-state index contributed by atoms with van der Waals surface area (Å²) in [6, 6.07) is 15.7. The summed E-state index contributed by atoms with van der Waals surface area (Å²) in [5.41, 5.74) is 0.969. The van der Waals surface area contributed by atoms with Gasteiger partial charge in [-0.1, -0.05) is 23.7 Å². The minimum atomic E-state index is -3.33. The lowest BCUT2D eigenvalue weighted by Gasteiger charge is -2.34. The van der Waals surface area contributed by atoms with Crippen molar-refractivity contribution in [3.63, 3.8) is 0 Å². The normalized spacial score (nSPS) is 19.3. The number of nitrogens with zero attached hydrogens (tertiary/aromatic N) is 4. The van der Waals surface area contributed by atoms with Gasteiger partial charge in [0.05, 0.1) is 10.9 Å². The Morgan fingerprint density at radius 1 is 1.02 bits per heavy atom. The van der Waals surface area contributed by atoms with Crippen molar-refractivity contribution in [2.75, 3.05) is 43.9 Å². The molecular weight excluding hydrogens is 595 g/mol. The zero-order chi connectivity index (χ0) is 30.7. The first-order valence-corrected chi connectivity index (χ1v) is 16.5. The number of sulfone groups is 1. The monoisotopic (exact) mass is 628 g/mol. The smallest absolute Gasteiger partial charge is 0.410 e. The van der Waals surface area contributed by atoms with E-state index in [0.717, 1.165) is 11.8 Å². The number of piperidine rings is 1. The van der Waals surface area contributed by atoms with Crippen molar-refractivity contribution in [1.29, 1.82) is 0 Å². The summed E-state index contributed by atoms with van der Waals surface area (Å²) in [7, 11) is -3.33. The second-order valence-corrected chi connectivity index (χ2v) is 13.4. The summed E-state index contributed by atoms with van der Waals surface area (Å²) in [6.07, 6.45) is 3.21. The van der Waals surface area contributed by atoms with Crippen molar-refractivity contribution in [2.24, 2.45) is 5.92 Å². The molecule has 43 heavy (non-hydrogen) atoms. The van der Waals surface area contributed by atoms with E-state index >= 15 is 0 Å². The number of carbonyl (C=O) groups excluding carboxylic acids is 2. The molecule has 3 aromatic rings. The van der Waals surface area contributed by atoms with E-state index in [-0.39, 0.29) is 34.4 Å². The topological polar surface area (TPSA) is 100 Å². The van der Waals surface area contributed by atoms with Crippen LogP contribution in [-0.4, -0.2) is 80.2 Å². The van der Waals surface area contributed by atoms with Crippen molar-refractivity contribution in [3.8, 4) is 5.75 Å². The Morgan fingerprint density at radius 2 is 1.70 bits per heavy atom. The third-order valence-electron chi connectivity index (χ3n) is 8.21. The van der Waals surface area contributed by atoms with Crippen molar-refractivity contribution >= 4 is 39.3 Å². The van der Waals surface area contributed by atoms with E-state index in [1.807, 2.05) is 24.0 Å². The Kier molecular flexibility index (Phi) is 9.22. The molecule has 2 fully saturated rings. The lowest BCUT2D eigenvalue weighted by Crippen LogP contribution is -2.47. The molecular formula is C31H34ClFN4O5S. The number of benzene rings is 2. The third kappa shape index (κ3) is 7.10. The molecule has 0 aliphatic carbocycles. The highest BCUT2D eigenvalue weighted by molar-refractivity contribution is 7.90. The van der Waals surface area contributed by atoms with Crippen LogP contribution in [0.4, 0.5) is 15.0 Å². The van der Waals surface area contributed by atoms with Crippen LogP contribution in [0.15, 0.2) is 71.8 Å². The molecule has 2 aromatic carbocycles. The van der Waals surface area contributed by atoms with Crippen LogP contribution < -0.4 is 9.64 Å². The van der Waals surface area contributed by atoms with Gasteiger partial charge < -0.3 is 19.4 Å². The number of amides is 2. The second kappa shape index (κ2) is 12.9. The molecule has 9 nitrogen and oxygen atoms in total. The summed E-state index contributed by atoms with van der Waals surface area (Å²) in [5, 5.41) is 0.599. The number of anilines is 1. The van der Waals surface area contributed by atoms with Crippen molar-refractivity contribution in [3.05, 3.63) is 83.3 Å². The summed E-state index contributed by atoms with van der Waals surface area (Å²) in [4.78, 5) is 37.2. The largest absolute Gasteiger partial charge is 0.415 e. The van der Waals surface area contributed by atoms with Crippen LogP contribution in [0, 0.1) is 11.7 Å². The van der Waals surface area contributed by atoms with E-state index in [1.165, 1.54) is 30.5 Å². The minimum absolute atomic E-state index is 0.0458. The fraction of sp³-hybridized carbons (Fsp3) is 0.387. The summed E-state index contributed by atoms with van der Waals surface area (Å²) >= 11 is 6.15. The SMILES string of the molecule is CCN(C(=O)Oc1ccc(F)cc1)[C@H]1CN(C(=O)C2CCN(c3ccc(S(C)(=O)=O)cn3)CC2)C[C@@H]1c1ccc(Cl)cc1. The predicted octanol–water partition coefficient (Wildman–Crippen LogP) is 5.01. The molecule has 5 rings (SSSR count). The first-order chi connectivity index (χ1) is 20.5. The van der Waals surface area contributed by atoms with Crippen molar-refractivity contribution in [2.45, 2.75) is 36.6 Å². The first-order valence-electron chi connectivity index (χ1n) is 14.2. The van der Waals surface area contributed by atoms with Crippen LogP contribution in [0.5, 0.6) is 5.75 Å². The molecule has 0 radical (unpaired) electrons. The quantitative estimate of drug-likeness (QED) is 0.363. The zero-order valence-corrected chi connectivity index (χ0v) is 25.6. The van der Waals surface area contributed by atoms with E-state index in [9.17, 15) is 22.4 Å². The third-order valence-corrected chi connectivity index (χ3v) is 9.56. The van der Waals surface area contributed by atoms with E-state index < -0.39 is 21.7 Å². The Hall–Kier alpha value is -3.70. The number of carbonyl (C=O) groups is 2. The first kappa shape index (κ1) is 30.7. The van der Waals surface area contributed by atoms with Crippen LogP contribution in [0.1, 0.15) is 31.2 Å². The Morgan fingerprint density at radius 3 is 2.28 bits per heavy atom. The molecule has 12 heteroatoms. The molecule has 1 aromatic heterocycles. The summed E-state index contributed by atoms with van der Waals surface area (Å²) in [6.45, 7) is 4.25. The lowest BCUT2D eigenvalue weighted by molar-refractivity contribution is -0.135. The summed E-state index contributed by atoms with van der Waals surface area (Å²) in [5.74, 6) is 0.208. The molecule has 228 valence electrons. The number of aromatic nitrogens is 1. The van der Waals surface area contributed by atoms with Gasteiger partial charge in [-0.05, 0) is 73.9 Å². The van der Waals surface area contributed by atoms with Crippen LogP contribution in [0.3, 0.4) is 0 Å². The Bertz CT molecular complexity index is 1550.